The van der Waals surface area contributed by atoms with Crippen LogP contribution in [-0.2, 0) is 19.1 Å². The van der Waals surface area contributed by atoms with E-state index >= 15 is 0 Å². The van der Waals surface area contributed by atoms with E-state index in [9.17, 15) is 9.59 Å². The molecule has 0 bridgehead atoms. The van der Waals surface area contributed by atoms with Crippen LogP contribution in [0.4, 0.5) is 0 Å². The number of carbonyl (C=O) groups excluding carboxylic acids is 2. The molecule has 1 fully saturated rings. The fraction of sp³-hybridized carbons (Fsp3) is 0.692. The van der Waals surface area contributed by atoms with Crippen molar-refractivity contribution in [3.63, 3.8) is 0 Å². The zero-order chi connectivity index (χ0) is 12.4. The Balaban J connectivity index is 2.03. The summed E-state index contributed by atoms with van der Waals surface area (Å²) >= 11 is 0. The van der Waals surface area contributed by atoms with Crippen LogP contribution in [0, 0.1) is 11.8 Å². The van der Waals surface area contributed by atoms with Crippen LogP contribution in [0.1, 0.15) is 33.1 Å². The number of esters is 2. The van der Waals surface area contributed by atoms with Crippen molar-refractivity contribution in [3.05, 3.63) is 12.2 Å². The molecule has 0 saturated carbocycles. The predicted octanol–water partition coefficient (Wildman–Crippen LogP) is 1.84. The maximum absolute atomic E-state index is 11.7. The molecule has 94 valence electrons. The Morgan fingerprint density at radius 3 is 3.12 bits per heavy atom. The summed E-state index contributed by atoms with van der Waals surface area (Å²) in [5, 5.41) is 0. The lowest BCUT2D eigenvalue weighted by atomic mass is 9.89. The smallest absolute Gasteiger partial charge is 0.348 e. The third-order valence-corrected chi connectivity index (χ3v) is 3.55. The summed E-state index contributed by atoms with van der Waals surface area (Å²) in [6.07, 6.45) is 5.46. The summed E-state index contributed by atoms with van der Waals surface area (Å²) in [7, 11) is 0. The number of fused-ring (bicyclic) bond motifs is 1. The minimum absolute atomic E-state index is 0.000469. The van der Waals surface area contributed by atoms with E-state index in [2.05, 4.69) is 0 Å². The molecule has 17 heavy (non-hydrogen) atoms. The van der Waals surface area contributed by atoms with Crippen molar-refractivity contribution in [2.45, 2.75) is 45.3 Å². The maximum Gasteiger partial charge on any atom is 0.348 e. The van der Waals surface area contributed by atoms with E-state index in [1.807, 2.05) is 19.1 Å². The maximum atomic E-state index is 11.7. The summed E-state index contributed by atoms with van der Waals surface area (Å²) in [6.45, 7) is 3.73. The van der Waals surface area contributed by atoms with E-state index in [1.54, 1.807) is 6.92 Å². The lowest BCUT2D eigenvalue weighted by Gasteiger charge is -2.22. The average Bonchev–Trinajstić information content (AvgIpc) is 2.65. The Kier molecular flexibility index (Phi) is 3.50. The average molecular weight is 238 g/mol. The standard InChI is InChI=1S/C13H18O4/c1-3-8(2)12(14)17-11-9-6-4-5-7-10(9)16-13(11)15/h5,7-11H,3-4,6H2,1-2H3. The Morgan fingerprint density at radius 1 is 1.65 bits per heavy atom. The molecule has 4 nitrogen and oxygen atoms in total. The normalized spacial score (nSPS) is 32.8. The molecule has 2 rings (SSSR count). The second-order valence-corrected chi connectivity index (χ2v) is 4.74. The second-order valence-electron chi connectivity index (χ2n) is 4.74. The number of rotatable bonds is 3. The highest BCUT2D eigenvalue weighted by atomic mass is 16.6. The van der Waals surface area contributed by atoms with Crippen LogP contribution in [0.2, 0.25) is 0 Å². The summed E-state index contributed by atoms with van der Waals surface area (Å²) < 4.78 is 10.5. The number of hydrogen-bond donors (Lipinski definition) is 0. The first kappa shape index (κ1) is 12.1. The van der Waals surface area contributed by atoms with Gasteiger partial charge in [-0.1, -0.05) is 19.9 Å². The van der Waals surface area contributed by atoms with Gasteiger partial charge in [-0.15, -0.1) is 0 Å². The van der Waals surface area contributed by atoms with Gasteiger partial charge in [0.2, 0.25) is 6.10 Å². The molecule has 0 aromatic rings. The van der Waals surface area contributed by atoms with Gasteiger partial charge in [-0.25, -0.2) is 4.79 Å². The van der Waals surface area contributed by atoms with E-state index in [0.717, 1.165) is 12.8 Å². The lowest BCUT2D eigenvalue weighted by Crippen LogP contribution is -2.33. The number of ether oxygens (including phenoxy) is 2. The van der Waals surface area contributed by atoms with Gasteiger partial charge >= 0.3 is 11.9 Å². The Labute approximate surface area is 101 Å². The first-order chi connectivity index (χ1) is 8.13. The van der Waals surface area contributed by atoms with Gasteiger partial charge in [0.15, 0.2) is 0 Å². The molecule has 1 aliphatic heterocycles. The van der Waals surface area contributed by atoms with Crippen molar-refractivity contribution in [1.82, 2.24) is 0 Å². The quantitative estimate of drug-likeness (QED) is 0.556. The van der Waals surface area contributed by atoms with Crippen LogP contribution in [0.3, 0.4) is 0 Å². The lowest BCUT2D eigenvalue weighted by molar-refractivity contribution is -0.164. The zero-order valence-electron chi connectivity index (χ0n) is 10.2. The van der Waals surface area contributed by atoms with Gasteiger partial charge in [0.25, 0.3) is 0 Å². The fourth-order valence-corrected chi connectivity index (χ4v) is 2.20. The van der Waals surface area contributed by atoms with E-state index in [-0.39, 0.29) is 23.9 Å². The molecule has 0 N–H and O–H groups in total. The van der Waals surface area contributed by atoms with Crippen LogP contribution in [-0.4, -0.2) is 24.1 Å². The van der Waals surface area contributed by atoms with Crippen molar-refractivity contribution in [3.8, 4) is 0 Å². The summed E-state index contributed by atoms with van der Waals surface area (Å²) in [5.41, 5.74) is 0. The Bertz CT molecular complexity index is 347. The van der Waals surface area contributed by atoms with Gasteiger partial charge in [-0.05, 0) is 25.3 Å². The highest BCUT2D eigenvalue weighted by molar-refractivity contribution is 5.82. The van der Waals surface area contributed by atoms with Crippen molar-refractivity contribution in [2.75, 3.05) is 0 Å². The highest BCUT2D eigenvalue weighted by Gasteiger charge is 2.46. The van der Waals surface area contributed by atoms with Gasteiger partial charge in [0.05, 0.1) is 5.92 Å². The van der Waals surface area contributed by atoms with Crippen LogP contribution >= 0.6 is 0 Å². The first-order valence-corrected chi connectivity index (χ1v) is 6.21. The highest BCUT2D eigenvalue weighted by Crippen LogP contribution is 2.33. The van der Waals surface area contributed by atoms with Crippen LogP contribution in [0.25, 0.3) is 0 Å². The second kappa shape index (κ2) is 4.90. The predicted molar refractivity (Wildman–Crippen MR) is 61.1 cm³/mol. The molecule has 0 aromatic carbocycles. The molecule has 1 saturated heterocycles. The van der Waals surface area contributed by atoms with Gasteiger partial charge < -0.3 is 9.47 Å². The van der Waals surface area contributed by atoms with Crippen LogP contribution in [0.15, 0.2) is 12.2 Å². The SMILES string of the molecule is CCC(C)C(=O)OC1C(=O)OC2C=CCCC21. The Hall–Kier alpha value is -1.32. The van der Waals surface area contributed by atoms with Gasteiger partial charge in [-0.2, -0.15) is 0 Å². The van der Waals surface area contributed by atoms with Gasteiger partial charge in [-0.3, -0.25) is 4.79 Å². The monoisotopic (exact) mass is 238 g/mol. The number of allylic oxidation sites excluding steroid dienone is 1. The topological polar surface area (TPSA) is 52.6 Å². The largest absolute Gasteiger partial charge is 0.455 e. The molecular formula is C13H18O4. The summed E-state index contributed by atoms with van der Waals surface area (Å²) in [4.78, 5) is 23.4. The first-order valence-electron chi connectivity index (χ1n) is 6.21. The van der Waals surface area contributed by atoms with E-state index in [4.69, 9.17) is 9.47 Å². The van der Waals surface area contributed by atoms with Crippen molar-refractivity contribution >= 4 is 11.9 Å². The van der Waals surface area contributed by atoms with Crippen molar-refractivity contribution < 1.29 is 19.1 Å². The number of carbonyl (C=O) groups is 2. The molecule has 2 aliphatic rings. The van der Waals surface area contributed by atoms with Crippen molar-refractivity contribution in [2.24, 2.45) is 11.8 Å². The zero-order valence-corrected chi connectivity index (χ0v) is 10.2. The molecule has 1 heterocycles. The van der Waals surface area contributed by atoms with Crippen LogP contribution in [0.5, 0.6) is 0 Å². The van der Waals surface area contributed by atoms with Crippen molar-refractivity contribution in [1.29, 1.82) is 0 Å². The summed E-state index contributed by atoms with van der Waals surface area (Å²) in [6, 6.07) is 0. The third-order valence-electron chi connectivity index (χ3n) is 3.55. The van der Waals surface area contributed by atoms with E-state index in [0.29, 0.717) is 6.42 Å². The van der Waals surface area contributed by atoms with Gasteiger partial charge in [0.1, 0.15) is 6.10 Å². The molecule has 0 radical (unpaired) electrons. The number of hydrogen-bond acceptors (Lipinski definition) is 4. The molecule has 1 aliphatic carbocycles. The van der Waals surface area contributed by atoms with E-state index in [1.165, 1.54) is 0 Å². The molecule has 4 atom stereocenters. The minimum Gasteiger partial charge on any atom is -0.455 e. The van der Waals surface area contributed by atoms with E-state index < -0.39 is 12.1 Å². The summed E-state index contributed by atoms with van der Waals surface area (Å²) in [5.74, 6) is -0.866. The molecular weight excluding hydrogens is 220 g/mol. The molecule has 0 amide bonds. The molecule has 4 heteroatoms. The Morgan fingerprint density at radius 2 is 2.41 bits per heavy atom. The minimum atomic E-state index is -0.702. The molecule has 4 unspecified atom stereocenters. The molecule has 0 aromatic heterocycles. The fourth-order valence-electron chi connectivity index (χ4n) is 2.20. The molecule has 0 spiro atoms. The third kappa shape index (κ3) is 2.35. The van der Waals surface area contributed by atoms with Gasteiger partial charge in [0, 0.05) is 5.92 Å². The van der Waals surface area contributed by atoms with Crippen LogP contribution < -0.4 is 0 Å².